The topological polar surface area (TPSA) is 105 Å². The molecule has 1 atom stereocenters. The molecular formula is C25H30N4O6. The van der Waals surface area contributed by atoms with Crippen molar-refractivity contribution in [3.05, 3.63) is 63.7 Å². The summed E-state index contributed by atoms with van der Waals surface area (Å²) in [4.78, 5) is 42.5. The van der Waals surface area contributed by atoms with E-state index in [0.717, 1.165) is 5.56 Å². The first-order chi connectivity index (χ1) is 16.5. The predicted molar refractivity (Wildman–Crippen MR) is 130 cm³/mol. The minimum atomic E-state index is -0.628. The van der Waals surface area contributed by atoms with Gasteiger partial charge in [-0.3, -0.25) is 14.9 Å². The van der Waals surface area contributed by atoms with Crippen molar-refractivity contribution >= 4 is 23.4 Å². The molecular weight excluding hydrogens is 452 g/mol. The lowest BCUT2D eigenvalue weighted by Crippen LogP contribution is -2.58. The van der Waals surface area contributed by atoms with Crippen molar-refractivity contribution in [2.45, 2.75) is 39.0 Å². The van der Waals surface area contributed by atoms with Gasteiger partial charge in [-0.25, -0.2) is 4.79 Å². The average molecular weight is 483 g/mol. The van der Waals surface area contributed by atoms with Crippen LogP contribution in [0.4, 0.5) is 16.2 Å². The molecule has 10 nitrogen and oxygen atoms in total. The van der Waals surface area contributed by atoms with Crippen LogP contribution >= 0.6 is 0 Å². The largest absolute Gasteiger partial charge is 0.488 e. The van der Waals surface area contributed by atoms with Gasteiger partial charge < -0.3 is 24.2 Å². The summed E-state index contributed by atoms with van der Waals surface area (Å²) in [7, 11) is 1.74. The number of hydrogen-bond acceptors (Lipinski definition) is 7. The smallest absolute Gasteiger partial charge is 0.410 e. The average Bonchev–Trinajstić information content (AvgIpc) is 2.94. The molecule has 2 amide bonds. The molecule has 0 N–H and O–H groups in total. The van der Waals surface area contributed by atoms with Crippen LogP contribution in [0.1, 0.15) is 36.7 Å². The van der Waals surface area contributed by atoms with E-state index in [-0.39, 0.29) is 41.7 Å². The van der Waals surface area contributed by atoms with Crippen molar-refractivity contribution < 1.29 is 24.0 Å². The van der Waals surface area contributed by atoms with Gasteiger partial charge in [-0.15, -0.1) is 0 Å². The van der Waals surface area contributed by atoms with E-state index in [4.69, 9.17) is 9.47 Å². The van der Waals surface area contributed by atoms with Gasteiger partial charge in [0.15, 0.2) is 11.4 Å². The Morgan fingerprint density at radius 2 is 1.91 bits per heavy atom. The molecule has 1 saturated heterocycles. The maximum absolute atomic E-state index is 13.5. The number of fused-ring (bicyclic) bond motifs is 2. The standard InChI is InChI=1S/C25H30N4O6/c1-25(2,3)35-24(31)27-12-13-28-18(15-27)16-34-22-19(23(28)30)10-11-20(29(32)33)21(22)26(4)14-17-8-6-5-7-9-17/h5-11,18H,12-16H2,1-4H3/t18-/m0/s1. The lowest BCUT2D eigenvalue weighted by molar-refractivity contribution is -0.384. The van der Waals surface area contributed by atoms with E-state index in [1.165, 1.54) is 12.1 Å². The summed E-state index contributed by atoms with van der Waals surface area (Å²) < 4.78 is 11.6. The van der Waals surface area contributed by atoms with E-state index < -0.39 is 22.7 Å². The second-order valence-electron chi connectivity index (χ2n) is 9.80. The number of nitro benzene ring substituents is 1. The molecule has 2 aliphatic rings. The SMILES string of the molecule is CN(Cc1ccccc1)c1c([N+](=O)[O-])ccc2c1OC[C@@H]1CN(C(=O)OC(C)(C)C)CCN1C2=O. The molecule has 10 heteroatoms. The van der Waals surface area contributed by atoms with E-state index >= 15 is 0 Å². The molecule has 0 spiro atoms. The Morgan fingerprint density at radius 3 is 2.57 bits per heavy atom. The van der Waals surface area contributed by atoms with Gasteiger partial charge in [0.05, 0.1) is 16.5 Å². The van der Waals surface area contributed by atoms with E-state index in [1.807, 2.05) is 30.3 Å². The van der Waals surface area contributed by atoms with Gasteiger partial charge in [0.1, 0.15) is 12.2 Å². The van der Waals surface area contributed by atoms with Gasteiger partial charge in [0.25, 0.3) is 11.6 Å². The second-order valence-corrected chi connectivity index (χ2v) is 9.80. The summed E-state index contributed by atoms with van der Waals surface area (Å²) in [5.41, 5.74) is 0.738. The minimum Gasteiger partial charge on any atom is -0.488 e. The van der Waals surface area contributed by atoms with Crippen LogP contribution in [-0.2, 0) is 11.3 Å². The zero-order valence-corrected chi connectivity index (χ0v) is 20.4. The van der Waals surface area contributed by atoms with Crippen molar-refractivity contribution in [3.8, 4) is 5.75 Å². The minimum absolute atomic E-state index is 0.103. The molecule has 2 aromatic carbocycles. The highest BCUT2D eigenvalue weighted by molar-refractivity contribution is 6.01. The molecule has 0 aromatic heterocycles. The molecule has 0 saturated carbocycles. The number of carbonyl (C=O) groups excluding carboxylic acids is 2. The van der Waals surface area contributed by atoms with Crippen LogP contribution in [0.5, 0.6) is 5.75 Å². The van der Waals surface area contributed by atoms with Crippen LogP contribution in [0.3, 0.4) is 0 Å². The highest BCUT2D eigenvalue weighted by Gasteiger charge is 2.40. The third-order valence-corrected chi connectivity index (χ3v) is 6.00. The molecule has 35 heavy (non-hydrogen) atoms. The van der Waals surface area contributed by atoms with Crippen LogP contribution in [0, 0.1) is 10.1 Å². The molecule has 0 unspecified atom stereocenters. The lowest BCUT2D eigenvalue weighted by atomic mass is 10.1. The number of hydrogen-bond donors (Lipinski definition) is 0. The van der Waals surface area contributed by atoms with E-state index in [2.05, 4.69) is 0 Å². The number of piperazine rings is 1. The van der Waals surface area contributed by atoms with Crippen LogP contribution in [0.15, 0.2) is 42.5 Å². The first-order valence-corrected chi connectivity index (χ1v) is 11.5. The number of ether oxygens (including phenoxy) is 2. The van der Waals surface area contributed by atoms with E-state index in [1.54, 1.807) is 42.5 Å². The number of rotatable bonds is 4. The van der Waals surface area contributed by atoms with Crippen LogP contribution in [0.25, 0.3) is 0 Å². The molecule has 2 aliphatic heterocycles. The predicted octanol–water partition coefficient (Wildman–Crippen LogP) is 3.69. The van der Waals surface area contributed by atoms with Crippen LogP contribution < -0.4 is 9.64 Å². The molecule has 2 heterocycles. The summed E-state index contributed by atoms with van der Waals surface area (Å²) in [6.07, 6.45) is -0.440. The number of carbonyl (C=O) groups is 2. The van der Waals surface area contributed by atoms with Gasteiger partial charge in [-0.05, 0) is 32.4 Å². The Hall–Kier alpha value is -3.82. The highest BCUT2D eigenvalue weighted by Crippen LogP contribution is 2.42. The Labute approximate surface area is 204 Å². The lowest BCUT2D eigenvalue weighted by Gasteiger charge is -2.40. The maximum Gasteiger partial charge on any atom is 0.410 e. The van der Waals surface area contributed by atoms with Gasteiger partial charge in [-0.1, -0.05) is 30.3 Å². The second kappa shape index (κ2) is 9.44. The number of amides is 2. The van der Waals surface area contributed by atoms with Crippen molar-refractivity contribution in [1.82, 2.24) is 9.80 Å². The summed E-state index contributed by atoms with van der Waals surface area (Å²) in [5.74, 6) is -0.0727. The molecule has 4 rings (SSSR count). The third kappa shape index (κ3) is 5.16. The fraction of sp³-hybridized carbons (Fsp3) is 0.440. The van der Waals surface area contributed by atoms with Gasteiger partial charge in [0, 0.05) is 39.3 Å². The summed E-state index contributed by atoms with van der Waals surface area (Å²) >= 11 is 0. The molecule has 2 aromatic rings. The Morgan fingerprint density at radius 1 is 1.20 bits per heavy atom. The molecule has 0 radical (unpaired) electrons. The zero-order chi connectivity index (χ0) is 25.3. The van der Waals surface area contributed by atoms with Crippen LogP contribution in [0.2, 0.25) is 0 Å². The summed E-state index contributed by atoms with van der Waals surface area (Å²) in [6, 6.07) is 12.0. The Kier molecular flexibility index (Phi) is 6.56. The fourth-order valence-corrected chi connectivity index (χ4v) is 4.42. The van der Waals surface area contributed by atoms with Gasteiger partial charge in [-0.2, -0.15) is 0 Å². The van der Waals surface area contributed by atoms with Gasteiger partial charge in [0.2, 0.25) is 0 Å². The number of nitrogens with zero attached hydrogens (tertiary/aromatic N) is 4. The zero-order valence-electron chi connectivity index (χ0n) is 20.4. The highest BCUT2D eigenvalue weighted by atomic mass is 16.6. The van der Waals surface area contributed by atoms with Crippen molar-refractivity contribution in [2.24, 2.45) is 0 Å². The van der Waals surface area contributed by atoms with Crippen molar-refractivity contribution in [3.63, 3.8) is 0 Å². The summed E-state index contributed by atoms with van der Waals surface area (Å²) in [5, 5.41) is 11.9. The molecule has 186 valence electrons. The monoisotopic (exact) mass is 482 g/mol. The summed E-state index contributed by atoms with van der Waals surface area (Å²) in [6.45, 7) is 6.81. The first kappa shape index (κ1) is 24.3. The maximum atomic E-state index is 13.5. The number of nitro groups is 1. The van der Waals surface area contributed by atoms with Crippen LogP contribution in [-0.4, -0.2) is 71.7 Å². The quantitative estimate of drug-likeness (QED) is 0.483. The third-order valence-electron chi connectivity index (χ3n) is 6.00. The molecule has 1 fully saturated rings. The number of benzene rings is 2. The molecule has 0 aliphatic carbocycles. The van der Waals surface area contributed by atoms with Crippen molar-refractivity contribution in [1.29, 1.82) is 0 Å². The molecule has 0 bridgehead atoms. The normalized spacial score (nSPS) is 17.6. The van der Waals surface area contributed by atoms with E-state index in [0.29, 0.717) is 19.6 Å². The first-order valence-electron chi connectivity index (χ1n) is 11.5. The van der Waals surface area contributed by atoms with Gasteiger partial charge >= 0.3 is 6.09 Å². The van der Waals surface area contributed by atoms with Crippen molar-refractivity contribution in [2.75, 3.05) is 38.2 Å². The van der Waals surface area contributed by atoms with E-state index in [9.17, 15) is 19.7 Å². The fourth-order valence-electron chi connectivity index (χ4n) is 4.42. The Bertz CT molecular complexity index is 1130. The Balaban J connectivity index is 1.64. The number of anilines is 1.